The third kappa shape index (κ3) is 11.3. The van der Waals surface area contributed by atoms with E-state index in [1.54, 1.807) is 50.1 Å². The summed E-state index contributed by atoms with van der Waals surface area (Å²) in [5.41, 5.74) is -0.939. The molecule has 1 aromatic carbocycles. The SMILES string of the molecule is CC/C=C(\C=C/c1[nH]c(CC(O)(CC(C)c2cc(F)ccc2OC)C(F)(F)F)cc1C)C(=O)N(C)CCC.CCC(C)=O. The van der Waals surface area contributed by atoms with Crippen LogP contribution in [0.5, 0.6) is 5.75 Å². The van der Waals surface area contributed by atoms with Crippen molar-refractivity contribution in [3.05, 3.63) is 70.3 Å². The average molecular weight is 611 g/mol. The van der Waals surface area contributed by atoms with Crippen molar-refractivity contribution in [2.24, 2.45) is 0 Å². The van der Waals surface area contributed by atoms with Crippen molar-refractivity contribution < 1.29 is 37.0 Å². The summed E-state index contributed by atoms with van der Waals surface area (Å²) in [6.07, 6.45) is 0.882. The van der Waals surface area contributed by atoms with E-state index in [-0.39, 0.29) is 28.7 Å². The fourth-order valence-corrected chi connectivity index (χ4v) is 4.50. The van der Waals surface area contributed by atoms with E-state index < -0.39 is 36.4 Å². The van der Waals surface area contributed by atoms with E-state index in [2.05, 4.69) is 4.98 Å². The molecular formula is C33H46F4N2O4. The first-order valence-corrected chi connectivity index (χ1v) is 14.5. The zero-order chi connectivity index (χ0) is 33.0. The number of alkyl halides is 3. The van der Waals surface area contributed by atoms with Gasteiger partial charge >= 0.3 is 6.18 Å². The van der Waals surface area contributed by atoms with Crippen molar-refractivity contribution >= 4 is 17.8 Å². The lowest BCUT2D eigenvalue weighted by atomic mass is 9.83. The lowest BCUT2D eigenvalue weighted by Crippen LogP contribution is -2.48. The van der Waals surface area contributed by atoms with Crippen LogP contribution in [-0.2, 0) is 16.0 Å². The van der Waals surface area contributed by atoms with Crippen LogP contribution in [0.15, 0.2) is 42.0 Å². The Labute approximate surface area is 252 Å². The van der Waals surface area contributed by atoms with Gasteiger partial charge in [0, 0.05) is 43.4 Å². The highest BCUT2D eigenvalue weighted by molar-refractivity contribution is 5.97. The number of hydrogen-bond donors (Lipinski definition) is 2. The molecule has 240 valence electrons. The van der Waals surface area contributed by atoms with Gasteiger partial charge in [-0.15, -0.1) is 0 Å². The Hall–Kier alpha value is -3.40. The molecule has 2 rings (SSSR count). The van der Waals surface area contributed by atoms with Crippen molar-refractivity contribution in [3.63, 3.8) is 0 Å². The van der Waals surface area contributed by atoms with Crippen LogP contribution in [-0.4, -0.2) is 59.2 Å². The molecule has 43 heavy (non-hydrogen) atoms. The Bertz CT molecular complexity index is 1270. The van der Waals surface area contributed by atoms with Gasteiger partial charge in [-0.25, -0.2) is 4.39 Å². The molecule has 0 aliphatic carbocycles. The second-order valence-electron chi connectivity index (χ2n) is 10.8. The molecule has 1 aromatic heterocycles. The zero-order valence-electron chi connectivity index (χ0n) is 26.5. The molecule has 0 bridgehead atoms. The number of aryl methyl sites for hydroxylation is 1. The van der Waals surface area contributed by atoms with Crippen LogP contribution in [0.1, 0.15) is 88.7 Å². The van der Waals surface area contributed by atoms with Crippen LogP contribution in [0.25, 0.3) is 6.08 Å². The van der Waals surface area contributed by atoms with Crippen molar-refractivity contribution in [2.75, 3.05) is 20.7 Å². The minimum Gasteiger partial charge on any atom is -0.496 e. The normalized spacial score (nSPS) is 14.1. The number of methoxy groups -OCH3 is 1. The quantitative estimate of drug-likeness (QED) is 0.138. The van der Waals surface area contributed by atoms with Crippen molar-refractivity contribution in [1.29, 1.82) is 0 Å². The van der Waals surface area contributed by atoms with E-state index in [0.717, 1.165) is 18.6 Å². The average Bonchev–Trinajstić information content (AvgIpc) is 3.28. The van der Waals surface area contributed by atoms with E-state index >= 15 is 0 Å². The van der Waals surface area contributed by atoms with E-state index in [1.165, 1.54) is 20.1 Å². The largest absolute Gasteiger partial charge is 0.496 e. The molecule has 1 heterocycles. The van der Waals surface area contributed by atoms with E-state index in [1.807, 2.05) is 20.8 Å². The molecule has 0 saturated carbocycles. The fraction of sp³-hybridized carbons (Fsp3) is 0.515. The number of aromatic amines is 1. The Kier molecular flexibility index (Phi) is 14.9. The highest BCUT2D eigenvalue weighted by Crippen LogP contribution is 2.42. The standard InChI is InChI=1S/C29H38F4N2O3.C4H8O/c1-7-9-21(27(36)35(5)14-8-2)10-12-25-19(3)15-23(34-25)18-28(37,29(31,32)33)17-20(4)24-16-22(30)11-13-26(24)38-6;1-3-4(2)5/h9-13,15-16,20,34,37H,7-8,14,17-18H2,1-6H3;3H2,1-2H3/b12-10-,21-9+;. The van der Waals surface area contributed by atoms with Gasteiger partial charge in [0.15, 0.2) is 5.60 Å². The number of carbonyl (C=O) groups excluding carboxylic acids is 2. The molecule has 10 heteroatoms. The van der Waals surface area contributed by atoms with Gasteiger partial charge < -0.3 is 24.5 Å². The molecule has 2 N–H and O–H groups in total. The van der Waals surface area contributed by atoms with Gasteiger partial charge in [-0.2, -0.15) is 13.2 Å². The molecule has 0 aliphatic heterocycles. The third-order valence-electron chi connectivity index (χ3n) is 6.99. The number of H-pyrrole nitrogens is 1. The molecule has 2 unspecified atom stereocenters. The number of allylic oxidation sites excluding steroid dienone is 1. The maximum atomic E-state index is 14.2. The summed E-state index contributed by atoms with van der Waals surface area (Å²) < 4.78 is 61.5. The van der Waals surface area contributed by atoms with Crippen LogP contribution < -0.4 is 4.74 Å². The maximum absolute atomic E-state index is 14.2. The number of ketones is 1. The summed E-state index contributed by atoms with van der Waals surface area (Å²) in [6.45, 7) is 11.2. The van der Waals surface area contributed by atoms with Gasteiger partial charge in [-0.3, -0.25) is 4.79 Å². The number of aromatic nitrogens is 1. The number of carbonyl (C=O) groups is 2. The summed E-state index contributed by atoms with van der Waals surface area (Å²) in [6, 6.07) is 5.20. The molecular weight excluding hydrogens is 564 g/mol. The van der Waals surface area contributed by atoms with Crippen molar-refractivity contribution in [1.82, 2.24) is 9.88 Å². The van der Waals surface area contributed by atoms with E-state index in [0.29, 0.717) is 36.2 Å². The zero-order valence-corrected chi connectivity index (χ0v) is 26.5. The maximum Gasteiger partial charge on any atom is 0.417 e. The number of aliphatic hydroxyl groups is 1. The second kappa shape index (κ2) is 17.0. The molecule has 0 fully saturated rings. The molecule has 1 amide bonds. The molecule has 0 spiro atoms. The summed E-state index contributed by atoms with van der Waals surface area (Å²) in [5, 5.41) is 10.9. The topological polar surface area (TPSA) is 82.6 Å². The van der Waals surface area contributed by atoms with Crippen LogP contribution in [0.2, 0.25) is 0 Å². The Morgan fingerprint density at radius 2 is 1.79 bits per heavy atom. The molecule has 6 nitrogen and oxygen atoms in total. The lowest BCUT2D eigenvalue weighted by molar-refractivity contribution is -0.263. The number of benzene rings is 1. The third-order valence-corrected chi connectivity index (χ3v) is 6.99. The van der Waals surface area contributed by atoms with Crippen LogP contribution in [0.3, 0.4) is 0 Å². The Morgan fingerprint density at radius 3 is 2.30 bits per heavy atom. The van der Waals surface area contributed by atoms with Gasteiger partial charge in [0.1, 0.15) is 17.3 Å². The van der Waals surface area contributed by atoms with Gasteiger partial charge in [-0.1, -0.05) is 33.8 Å². The predicted octanol–water partition coefficient (Wildman–Crippen LogP) is 7.70. The molecule has 0 radical (unpaired) electrons. The first-order chi connectivity index (χ1) is 20.0. The molecule has 0 aliphatic rings. The highest BCUT2D eigenvalue weighted by Gasteiger charge is 2.54. The molecule has 0 saturated heterocycles. The van der Waals surface area contributed by atoms with Crippen LogP contribution >= 0.6 is 0 Å². The predicted molar refractivity (Wildman–Crippen MR) is 163 cm³/mol. The summed E-state index contributed by atoms with van der Waals surface area (Å²) >= 11 is 0. The van der Waals surface area contributed by atoms with Gasteiger partial charge in [0.05, 0.1) is 7.11 Å². The summed E-state index contributed by atoms with van der Waals surface area (Å²) in [4.78, 5) is 27.1. The summed E-state index contributed by atoms with van der Waals surface area (Å²) in [7, 11) is 3.08. The minimum atomic E-state index is -4.94. The number of rotatable bonds is 13. The van der Waals surface area contributed by atoms with E-state index in [9.17, 15) is 32.3 Å². The van der Waals surface area contributed by atoms with Gasteiger partial charge in [-0.05, 0) is 86.6 Å². The first-order valence-electron chi connectivity index (χ1n) is 14.5. The first kappa shape index (κ1) is 37.6. The number of Topliss-reactive ketones (excluding diaryl/α,β-unsaturated/α-hetero) is 1. The number of nitrogens with zero attached hydrogens (tertiary/aromatic N) is 1. The summed E-state index contributed by atoms with van der Waals surface area (Å²) in [5.74, 6) is -1.08. The van der Waals surface area contributed by atoms with Crippen molar-refractivity contribution in [2.45, 2.75) is 91.3 Å². The monoisotopic (exact) mass is 610 g/mol. The van der Waals surface area contributed by atoms with E-state index in [4.69, 9.17) is 4.74 Å². The van der Waals surface area contributed by atoms with Gasteiger partial charge in [0.2, 0.25) is 0 Å². The van der Waals surface area contributed by atoms with Crippen LogP contribution in [0.4, 0.5) is 17.6 Å². The second-order valence-corrected chi connectivity index (χ2v) is 10.8. The van der Waals surface area contributed by atoms with Crippen molar-refractivity contribution in [3.8, 4) is 5.75 Å². The minimum absolute atomic E-state index is 0.136. The molecule has 2 atom stereocenters. The number of nitrogens with one attached hydrogen (secondary N) is 1. The number of likely N-dealkylation sites (N-methyl/N-ethyl adjacent to an activating group) is 1. The highest BCUT2D eigenvalue weighted by atomic mass is 19.4. The number of amides is 1. The Morgan fingerprint density at radius 1 is 1.16 bits per heavy atom. The number of ether oxygens (including phenoxy) is 1. The van der Waals surface area contributed by atoms with Crippen LogP contribution in [0, 0.1) is 12.7 Å². The number of halogens is 4. The fourth-order valence-electron chi connectivity index (χ4n) is 4.50. The Balaban J connectivity index is 0.00000170. The van der Waals surface area contributed by atoms with Gasteiger partial charge in [0.25, 0.3) is 5.91 Å². The smallest absolute Gasteiger partial charge is 0.417 e. The number of hydrogen-bond acceptors (Lipinski definition) is 4. The molecule has 2 aromatic rings. The lowest BCUT2D eigenvalue weighted by Gasteiger charge is -2.33.